The van der Waals surface area contributed by atoms with E-state index in [1.54, 1.807) is 4.90 Å². The first-order chi connectivity index (χ1) is 18.8. The summed E-state index contributed by atoms with van der Waals surface area (Å²) in [6, 6.07) is 0. The molecule has 210 valence electrons. The third kappa shape index (κ3) is 5.41. The Kier molecular flexibility index (Phi) is 7.72. The van der Waals surface area contributed by atoms with E-state index in [1.807, 2.05) is 0 Å². The summed E-state index contributed by atoms with van der Waals surface area (Å²) in [4.78, 5) is 17.9. The summed E-state index contributed by atoms with van der Waals surface area (Å²) >= 11 is 0. The molecule has 0 spiro atoms. The number of anilines is 2. The van der Waals surface area contributed by atoms with Crippen LogP contribution in [0.5, 0.6) is 11.8 Å². The Morgan fingerprint density at radius 2 is 1.77 bits per heavy atom. The van der Waals surface area contributed by atoms with Gasteiger partial charge < -0.3 is 23.8 Å². The Bertz CT molecular complexity index is 1380. The molecule has 0 aliphatic carbocycles. The zero-order valence-electron chi connectivity index (χ0n) is 21.5. The molecule has 2 aliphatic rings. The van der Waals surface area contributed by atoms with Crippen molar-refractivity contribution in [2.75, 3.05) is 50.6 Å². The molecule has 15 nitrogen and oxygen atoms in total. The van der Waals surface area contributed by atoms with Gasteiger partial charge in [-0.15, -0.1) is 10.2 Å². The number of methoxy groups -OCH3 is 3. The van der Waals surface area contributed by atoms with Gasteiger partial charge in [0, 0.05) is 26.8 Å². The van der Waals surface area contributed by atoms with Gasteiger partial charge in [-0.1, -0.05) is 0 Å². The Balaban J connectivity index is 1.52. The number of aromatic nitrogens is 7. The molecule has 2 saturated heterocycles. The predicted molar refractivity (Wildman–Crippen MR) is 134 cm³/mol. The van der Waals surface area contributed by atoms with Gasteiger partial charge in [0.25, 0.3) is 0 Å². The Labute approximate surface area is 223 Å². The largest absolute Gasteiger partial charge is 0.479 e. The lowest BCUT2D eigenvalue weighted by Crippen LogP contribution is -2.51. The minimum atomic E-state index is -4.10. The van der Waals surface area contributed by atoms with Crippen LogP contribution in [0.1, 0.15) is 31.2 Å². The lowest BCUT2D eigenvalue weighted by molar-refractivity contribution is 0.0898. The summed E-state index contributed by atoms with van der Waals surface area (Å²) in [5, 5.41) is 7.46. The second-order valence-electron chi connectivity index (χ2n) is 8.93. The third-order valence-electron chi connectivity index (χ3n) is 6.54. The number of ether oxygens (including phenoxy) is 4. The lowest BCUT2D eigenvalue weighted by Gasteiger charge is -2.36. The van der Waals surface area contributed by atoms with E-state index >= 15 is 0 Å². The quantitative estimate of drug-likeness (QED) is 0.389. The van der Waals surface area contributed by atoms with E-state index in [9.17, 15) is 12.8 Å². The summed E-state index contributed by atoms with van der Waals surface area (Å²) in [7, 11) is 0.241. The van der Waals surface area contributed by atoms with Crippen LogP contribution in [0.3, 0.4) is 0 Å². The number of nitrogens with zero attached hydrogens (tertiary/aromatic N) is 8. The first-order valence-electron chi connectivity index (χ1n) is 12.1. The van der Waals surface area contributed by atoms with Crippen molar-refractivity contribution >= 4 is 21.9 Å². The van der Waals surface area contributed by atoms with Crippen LogP contribution in [0.15, 0.2) is 18.7 Å². The van der Waals surface area contributed by atoms with E-state index < -0.39 is 33.3 Å². The van der Waals surface area contributed by atoms with Crippen LogP contribution in [0.25, 0.3) is 5.69 Å². The number of hydrogen-bond donors (Lipinski definition) is 1. The predicted octanol–water partition coefficient (Wildman–Crippen LogP) is 0.891. The average molecular weight is 566 g/mol. The third-order valence-corrected chi connectivity index (χ3v) is 8.23. The molecule has 5 rings (SSSR count). The monoisotopic (exact) mass is 565 g/mol. The molecular formula is C22H28FN9O6S. The van der Waals surface area contributed by atoms with Crippen LogP contribution >= 0.6 is 0 Å². The Morgan fingerprint density at radius 3 is 2.38 bits per heavy atom. The number of piperidine rings is 1. The fraction of sp³-hybridized carbons (Fsp3) is 0.545. The lowest BCUT2D eigenvalue weighted by atomic mass is 10.1. The van der Waals surface area contributed by atoms with E-state index in [1.165, 1.54) is 32.2 Å². The normalized spacial score (nSPS) is 21.6. The van der Waals surface area contributed by atoms with Gasteiger partial charge >= 0.3 is 0 Å². The van der Waals surface area contributed by atoms with Gasteiger partial charge in [0.1, 0.15) is 17.7 Å². The summed E-state index contributed by atoms with van der Waals surface area (Å²) < 4.78 is 67.2. The molecule has 0 unspecified atom stereocenters. The van der Waals surface area contributed by atoms with Crippen molar-refractivity contribution in [3.8, 4) is 17.4 Å². The number of nitrogens with one attached hydrogen (secondary N) is 1. The fourth-order valence-electron chi connectivity index (χ4n) is 4.66. The number of rotatable bonds is 9. The molecule has 0 amide bonds. The van der Waals surface area contributed by atoms with Crippen molar-refractivity contribution in [1.29, 1.82) is 0 Å². The van der Waals surface area contributed by atoms with Crippen molar-refractivity contribution in [3.05, 3.63) is 30.4 Å². The van der Waals surface area contributed by atoms with Gasteiger partial charge in [0.2, 0.25) is 33.7 Å². The summed E-state index contributed by atoms with van der Waals surface area (Å²) in [6.45, 7) is 0.901. The highest BCUT2D eigenvalue weighted by Crippen LogP contribution is 2.37. The Morgan fingerprint density at radius 1 is 1.05 bits per heavy atom. The zero-order chi connectivity index (χ0) is 27.6. The molecule has 1 N–H and O–H groups in total. The molecule has 0 saturated carbocycles. The van der Waals surface area contributed by atoms with Crippen molar-refractivity contribution in [1.82, 2.24) is 34.7 Å². The van der Waals surface area contributed by atoms with Crippen LogP contribution in [-0.4, -0.2) is 95.5 Å². The fourth-order valence-corrected chi connectivity index (χ4v) is 6.05. The van der Waals surface area contributed by atoms with Crippen LogP contribution in [0.2, 0.25) is 0 Å². The van der Waals surface area contributed by atoms with Crippen molar-refractivity contribution in [2.45, 2.75) is 36.7 Å². The second-order valence-corrected chi connectivity index (χ2v) is 10.9. The molecule has 0 radical (unpaired) electrons. The molecule has 3 aromatic heterocycles. The molecule has 0 aromatic carbocycles. The van der Waals surface area contributed by atoms with Gasteiger partial charge in [-0.05, 0) is 19.3 Å². The maximum Gasteiger partial charge on any atom is 0.245 e. The first kappa shape index (κ1) is 26.9. The van der Waals surface area contributed by atoms with Gasteiger partial charge in [-0.2, -0.15) is 9.97 Å². The maximum absolute atomic E-state index is 13.8. The molecule has 2 aliphatic heterocycles. The van der Waals surface area contributed by atoms with Gasteiger partial charge in [-0.25, -0.2) is 22.8 Å². The maximum atomic E-state index is 13.8. The van der Waals surface area contributed by atoms with Crippen molar-refractivity contribution in [3.63, 3.8) is 0 Å². The molecule has 2 fully saturated rings. The molecular weight excluding hydrogens is 537 g/mol. The van der Waals surface area contributed by atoms with E-state index in [4.69, 9.17) is 18.9 Å². The number of halogens is 1. The minimum absolute atomic E-state index is 0.0364. The molecule has 3 aromatic rings. The molecule has 5 heterocycles. The average Bonchev–Trinajstić information content (AvgIpc) is 3.62. The topological polar surface area (TPSA) is 169 Å². The van der Waals surface area contributed by atoms with E-state index in [0.717, 1.165) is 18.8 Å². The highest BCUT2D eigenvalue weighted by atomic mass is 32.2. The van der Waals surface area contributed by atoms with Gasteiger partial charge in [-0.3, -0.25) is 9.29 Å². The number of sulfonamides is 1. The highest BCUT2D eigenvalue weighted by molar-refractivity contribution is 7.93. The number of hydrogen-bond acceptors (Lipinski definition) is 13. The SMILES string of the molecule is COc1ncnc(OC)c1-n1c(NS(=O)(=O)[C@H]2C[C@@H](OC)CN(c3ncc(F)cn3)C2)nnc1[C@H]1CCCO1. The van der Waals surface area contributed by atoms with E-state index in [2.05, 4.69) is 34.9 Å². The second kappa shape index (κ2) is 11.2. The minimum Gasteiger partial charge on any atom is -0.479 e. The Hall–Kier alpha value is -3.70. The van der Waals surface area contributed by atoms with Crippen LogP contribution in [0, 0.1) is 5.82 Å². The molecule has 0 bridgehead atoms. The summed E-state index contributed by atoms with van der Waals surface area (Å²) in [5.74, 6) is 0.0728. The first-order valence-corrected chi connectivity index (χ1v) is 13.7. The summed E-state index contributed by atoms with van der Waals surface area (Å²) in [5.41, 5.74) is 0.218. The van der Waals surface area contributed by atoms with Gasteiger partial charge in [0.05, 0.1) is 32.7 Å². The molecule has 39 heavy (non-hydrogen) atoms. The van der Waals surface area contributed by atoms with Crippen LogP contribution in [-0.2, 0) is 19.5 Å². The van der Waals surface area contributed by atoms with Crippen LogP contribution < -0.4 is 19.1 Å². The van der Waals surface area contributed by atoms with Gasteiger partial charge in [0.15, 0.2) is 17.3 Å². The standard InChI is InChI=1S/C22H28FN9O6S/c1-35-14-7-15(11-31(10-14)21-24-8-13(23)9-25-21)39(33,34)30-22-29-28-18(16-5-4-6-38-16)32(22)17-19(36-2)26-12-27-20(17)37-3/h8-9,12,14-16H,4-7,10-11H2,1-3H3,(H,29,30)/t14-,15+,16-/m1/s1. The van der Waals surface area contributed by atoms with Crippen molar-refractivity contribution in [2.24, 2.45) is 0 Å². The molecule has 3 atom stereocenters. The van der Waals surface area contributed by atoms with Crippen molar-refractivity contribution < 1.29 is 31.8 Å². The van der Waals surface area contributed by atoms with Crippen LogP contribution in [0.4, 0.5) is 16.3 Å². The van der Waals surface area contributed by atoms with E-state index in [0.29, 0.717) is 25.4 Å². The zero-order valence-corrected chi connectivity index (χ0v) is 22.3. The van der Waals surface area contributed by atoms with E-state index in [-0.39, 0.29) is 42.3 Å². The summed E-state index contributed by atoms with van der Waals surface area (Å²) in [6.07, 6.45) is 4.09. The smallest absolute Gasteiger partial charge is 0.245 e. The molecule has 17 heteroatoms. The highest BCUT2D eigenvalue weighted by Gasteiger charge is 2.39.